The minimum Gasteiger partial charge on any atom is -0.490 e. The summed E-state index contributed by atoms with van der Waals surface area (Å²) >= 11 is 3.56. The Morgan fingerprint density at radius 3 is 2.52 bits per heavy atom. The molecular weight excluding hydrogens is 434 g/mol. The first-order chi connectivity index (χ1) is 14.0. The molecule has 0 aliphatic carbocycles. The third-order valence-electron chi connectivity index (χ3n) is 5.21. The van der Waals surface area contributed by atoms with Crippen LogP contribution in [0.5, 0.6) is 11.5 Å². The highest BCUT2D eigenvalue weighted by atomic mass is 79.9. The summed E-state index contributed by atoms with van der Waals surface area (Å²) in [5.41, 5.74) is 2.06. The molecule has 0 radical (unpaired) electrons. The third kappa shape index (κ3) is 5.11. The summed E-state index contributed by atoms with van der Waals surface area (Å²) in [6.45, 7) is 5.72. The van der Waals surface area contributed by atoms with Crippen molar-refractivity contribution in [3.63, 3.8) is 0 Å². The first-order valence-electron chi connectivity index (χ1n) is 10.2. The van der Waals surface area contributed by atoms with Gasteiger partial charge in [-0.15, -0.1) is 0 Å². The zero-order valence-electron chi connectivity index (χ0n) is 16.9. The first-order valence-corrected chi connectivity index (χ1v) is 11.0. The first kappa shape index (κ1) is 21.7. The molecule has 1 heterocycles. The van der Waals surface area contributed by atoms with E-state index in [4.69, 9.17) is 9.47 Å². The van der Waals surface area contributed by atoms with E-state index in [0.29, 0.717) is 31.1 Å². The summed E-state index contributed by atoms with van der Waals surface area (Å²) < 4.78 is 12.5. The molecule has 1 saturated heterocycles. The second kappa shape index (κ2) is 10.1. The molecule has 0 amide bonds. The van der Waals surface area contributed by atoms with Gasteiger partial charge in [0.25, 0.3) is 0 Å². The van der Waals surface area contributed by atoms with E-state index in [2.05, 4.69) is 33.0 Å². The SMILES string of the molecule is CCOc1ccc(C(c2cccc(Br)c2)N2CCCCC2C(=O)O)cc1OCC. The van der Waals surface area contributed by atoms with Crippen LogP contribution in [0.1, 0.15) is 50.3 Å². The predicted octanol–water partition coefficient (Wildman–Crippen LogP) is 5.28. The average Bonchev–Trinajstić information content (AvgIpc) is 2.71. The van der Waals surface area contributed by atoms with E-state index >= 15 is 0 Å². The van der Waals surface area contributed by atoms with E-state index in [-0.39, 0.29) is 6.04 Å². The molecule has 3 rings (SSSR count). The summed E-state index contributed by atoms with van der Waals surface area (Å²) in [7, 11) is 0. The van der Waals surface area contributed by atoms with Gasteiger partial charge in [-0.3, -0.25) is 9.69 Å². The number of nitrogens with zero attached hydrogens (tertiary/aromatic N) is 1. The number of rotatable bonds is 8. The lowest BCUT2D eigenvalue weighted by Gasteiger charge is -2.39. The van der Waals surface area contributed by atoms with Crippen molar-refractivity contribution < 1.29 is 19.4 Å². The molecule has 1 fully saturated rings. The molecular formula is C23H28BrNO4. The lowest BCUT2D eigenvalue weighted by molar-refractivity contribution is -0.145. The van der Waals surface area contributed by atoms with Crippen LogP contribution in [0.25, 0.3) is 0 Å². The topological polar surface area (TPSA) is 59.0 Å². The van der Waals surface area contributed by atoms with Crippen LogP contribution in [0.2, 0.25) is 0 Å². The summed E-state index contributed by atoms with van der Waals surface area (Å²) in [4.78, 5) is 14.1. The second-order valence-electron chi connectivity index (χ2n) is 7.12. The van der Waals surface area contributed by atoms with Crippen LogP contribution in [-0.4, -0.2) is 41.8 Å². The molecule has 2 unspecified atom stereocenters. The molecule has 5 nitrogen and oxygen atoms in total. The van der Waals surface area contributed by atoms with Gasteiger partial charge < -0.3 is 14.6 Å². The van der Waals surface area contributed by atoms with Gasteiger partial charge in [-0.2, -0.15) is 0 Å². The maximum Gasteiger partial charge on any atom is 0.320 e. The number of carboxylic acid groups (broad SMARTS) is 1. The van der Waals surface area contributed by atoms with Crippen molar-refractivity contribution in [2.24, 2.45) is 0 Å². The van der Waals surface area contributed by atoms with Crippen molar-refractivity contribution in [3.05, 3.63) is 58.1 Å². The highest BCUT2D eigenvalue weighted by Crippen LogP contribution is 2.39. The lowest BCUT2D eigenvalue weighted by Crippen LogP contribution is -2.46. The number of carbonyl (C=O) groups is 1. The number of hydrogen-bond donors (Lipinski definition) is 1. The van der Waals surface area contributed by atoms with Gasteiger partial charge in [0.05, 0.1) is 19.3 Å². The Morgan fingerprint density at radius 1 is 1.10 bits per heavy atom. The summed E-state index contributed by atoms with van der Waals surface area (Å²) in [6.07, 6.45) is 2.59. The standard InChI is InChI=1S/C23H28BrNO4/c1-3-28-20-12-11-17(15-21(20)29-4-2)22(16-8-7-9-18(24)14-16)25-13-6-5-10-19(25)23(26)27/h7-9,11-12,14-15,19,22H,3-6,10,13H2,1-2H3,(H,26,27). The van der Waals surface area contributed by atoms with Crippen molar-refractivity contribution in [2.75, 3.05) is 19.8 Å². The minimum absolute atomic E-state index is 0.177. The van der Waals surface area contributed by atoms with E-state index in [1.54, 1.807) is 0 Å². The van der Waals surface area contributed by atoms with Crippen LogP contribution < -0.4 is 9.47 Å². The van der Waals surface area contributed by atoms with Crippen LogP contribution in [0.3, 0.4) is 0 Å². The number of halogens is 1. The Hall–Kier alpha value is -2.05. The molecule has 1 aliphatic rings. The largest absolute Gasteiger partial charge is 0.490 e. The Bertz CT molecular complexity index is 841. The van der Waals surface area contributed by atoms with E-state index in [1.165, 1.54) is 0 Å². The fourth-order valence-corrected chi connectivity index (χ4v) is 4.43. The van der Waals surface area contributed by atoms with Crippen LogP contribution in [-0.2, 0) is 4.79 Å². The normalized spacial score (nSPS) is 18.2. The summed E-state index contributed by atoms with van der Waals surface area (Å²) in [5, 5.41) is 9.86. The molecule has 0 spiro atoms. The van der Waals surface area contributed by atoms with Crippen molar-refractivity contribution in [3.8, 4) is 11.5 Å². The quantitative estimate of drug-likeness (QED) is 0.579. The molecule has 29 heavy (non-hydrogen) atoms. The smallest absolute Gasteiger partial charge is 0.320 e. The van der Waals surface area contributed by atoms with Gasteiger partial charge in [-0.05, 0) is 68.6 Å². The van der Waals surface area contributed by atoms with Crippen molar-refractivity contribution in [1.29, 1.82) is 0 Å². The zero-order valence-corrected chi connectivity index (χ0v) is 18.5. The third-order valence-corrected chi connectivity index (χ3v) is 5.70. The van der Waals surface area contributed by atoms with Crippen LogP contribution in [0.4, 0.5) is 0 Å². The van der Waals surface area contributed by atoms with E-state index in [9.17, 15) is 9.90 Å². The molecule has 1 N–H and O–H groups in total. The van der Waals surface area contributed by atoms with Gasteiger partial charge in [0.2, 0.25) is 0 Å². The number of ether oxygens (including phenoxy) is 2. The fourth-order valence-electron chi connectivity index (χ4n) is 4.02. The highest BCUT2D eigenvalue weighted by molar-refractivity contribution is 9.10. The molecule has 1 aliphatic heterocycles. The molecule has 156 valence electrons. The number of piperidine rings is 1. The Kier molecular flexibility index (Phi) is 7.56. The Morgan fingerprint density at radius 2 is 1.83 bits per heavy atom. The van der Waals surface area contributed by atoms with Gasteiger partial charge in [-0.1, -0.05) is 40.5 Å². The van der Waals surface area contributed by atoms with Gasteiger partial charge in [-0.25, -0.2) is 0 Å². The summed E-state index contributed by atoms with van der Waals surface area (Å²) in [6, 6.07) is 13.3. The van der Waals surface area contributed by atoms with E-state index in [1.807, 2.05) is 44.2 Å². The van der Waals surface area contributed by atoms with E-state index in [0.717, 1.165) is 35.0 Å². The fraction of sp³-hybridized carbons (Fsp3) is 0.435. The van der Waals surface area contributed by atoms with Crippen molar-refractivity contribution in [1.82, 2.24) is 4.90 Å². The molecule has 2 aromatic carbocycles. The monoisotopic (exact) mass is 461 g/mol. The molecule has 0 bridgehead atoms. The maximum absolute atomic E-state index is 12.0. The zero-order chi connectivity index (χ0) is 20.8. The number of hydrogen-bond acceptors (Lipinski definition) is 4. The van der Waals surface area contributed by atoms with E-state index < -0.39 is 12.0 Å². The second-order valence-corrected chi connectivity index (χ2v) is 8.03. The molecule has 2 aromatic rings. The van der Waals surface area contributed by atoms with Gasteiger partial charge in [0.15, 0.2) is 11.5 Å². The maximum atomic E-state index is 12.0. The Labute approximate surface area is 180 Å². The molecule has 0 saturated carbocycles. The van der Waals surface area contributed by atoms with Gasteiger partial charge in [0, 0.05) is 4.47 Å². The van der Waals surface area contributed by atoms with Gasteiger partial charge in [0.1, 0.15) is 6.04 Å². The van der Waals surface area contributed by atoms with Crippen LogP contribution >= 0.6 is 15.9 Å². The number of likely N-dealkylation sites (tertiary alicyclic amines) is 1. The van der Waals surface area contributed by atoms with Crippen molar-refractivity contribution >= 4 is 21.9 Å². The highest BCUT2D eigenvalue weighted by Gasteiger charge is 2.35. The predicted molar refractivity (Wildman–Crippen MR) is 117 cm³/mol. The van der Waals surface area contributed by atoms with Crippen LogP contribution in [0, 0.1) is 0 Å². The molecule has 6 heteroatoms. The average molecular weight is 462 g/mol. The van der Waals surface area contributed by atoms with Crippen molar-refractivity contribution in [2.45, 2.75) is 45.2 Å². The number of aliphatic carboxylic acids is 1. The Balaban J connectivity index is 2.10. The molecule has 0 aromatic heterocycles. The van der Waals surface area contributed by atoms with Crippen LogP contribution in [0.15, 0.2) is 46.9 Å². The lowest BCUT2D eigenvalue weighted by atomic mass is 9.91. The molecule has 2 atom stereocenters. The number of benzene rings is 2. The number of carboxylic acids is 1. The minimum atomic E-state index is -0.763. The summed E-state index contributed by atoms with van der Waals surface area (Å²) in [5.74, 6) is 0.635. The van der Waals surface area contributed by atoms with Gasteiger partial charge >= 0.3 is 5.97 Å².